The van der Waals surface area contributed by atoms with Crippen LogP contribution in [0.15, 0.2) is 44.3 Å². The number of carbonyl (C=O) groups is 1. The summed E-state index contributed by atoms with van der Waals surface area (Å²) in [5.74, 6) is 0.757. The number of carbonyl (C=O) groups excluding carboxylic acids is 1. The number of nitrogens with one attached hydrogen (secondary N) is 1. The van der Waals surface area contributed by atoms with Crippen molar-refractivity contribution in [1.29, 1.82) is 0 Å². The zero-order valence-electron chi connectivity index (χ0n) is 20.8. The Morgan fingerprint density at radius 1 is 1.29 bits per heavy atom. The highest BCUT2D eigenvalue weighted by Crippen LogP contribution is 2.45. The molecule has 1 atom stereocenters. The lowest BCUT2D eigenvalue weighted by atomic mass is 9.78. The van der Waals surface area contributed by atoms with Crippen LogP contribution in [0.3, 0.4) is 0 Å². The Bertz CT molecular complexity index is 1280. The van der Waals surface area contributed by atoms with Crippen molar-refractivity contribution in [2.45, 2.75) is 65.5 Å². The van der Waals surface area contributed by atoms with Gasteiger partial charge in [0.15, 0.2) is 17.1 Å². The maximum Gasteiger partial charge on any atom is 0.307 e. The molecule has 0 fully saturated rings. The molecule has 7 heteroatoms. The van der Waals surface area contributed by atoms with Gasteiger partial charge in [-0.15, -0.1) is 0 Å². The molecule has 1 N–H and O–H groups in total. The lowest BCUT2D eigenvalue weighted by Gasteiger charge is -2.50. The third kappa shape index (κ3) is 4.45. The van der Waals surface area contributed by atoms with Gasteiger partial charge in [0.1, 0.15) is 0 Å². The molecular weight excluding hydrogens is 494 g/mol. The fourth-order valence-electron chi connectivity index (χ4n) is 5.30. The molecule has 0 radical (unpaired) electrons. The second-order valence-corrected chi connectivity index (χ2v) is 10.9. The predicted octanol–water partition coefficient (Wildman–Crippen LogP) is 6.78. The van der Waals surface area contributed by atoms with Crippen LogP contribution < -0.4 is 15.1 Å². The van der Waals surface area contributed by atoms with Gasteiger partial charge in [-0.3, -0.25) is 4.79 Å². The molecule has 2 heterocycles. The Morgan fingerprint density at radius 3 is 2.71 bits per heavy atom. The van der Waals surface area contributed by atoms with Crippen LogP contribution in [0.25, 0.3) is 11.0 Å². The fraction of sp³-hybridized carbons (Fsp3) is 0.407. The van der Waals surface area contributed by atoms with E-state index in [-0.39, 0.29) is 11.3 Å². The van der Waals surface area contributed by atoms with E-state index in [0.29, 0.717) is 23.3 Å². The molecular formula is C27H32BrN3O3. The first-order valence-corrected chi connectivity index (χ1v) is 12.4. The van der Waals surface area contributed by atoms with Crippen LogP contribution in [0.2, 0.25) is 0 Å². The third-order valence-electron chi connectivity index (χ3n) is 6.54. The second kappa shape index (κ2) is 9.10. The van der Waals surface area contributed by atoms with Crippen LogP contribution in [-0.4, -0.2) is 30.8 Å². The summed E-state index contributed by atoms with van der Waals surface area (Å²) in [6.45, 7) is 13.5. The number of aryl methyl sites for hydroxylation is 1. The number of fused-ring (bicyclic) bond motifs is 2. The number of hydrogen-bond donors (Lipinski definition) is 1. The molecule has 0 saturated carbocycles. The normalized spacial score (nSPS) is 17.4. The molecule has 1 aliphatic rings. The maximum atomic E-state index is 12.7. The van der Waals surface area contributed by atoms with Gasteiger partial charge in [0.25, 0.3) is 0 Å². The van der Waals surface area contributed by atoms with Crippen LogP contribution in [0.5, 0.6) is 5.75 Å². The van der Waals surface area contributed by atoms with Gasteiger partial charge in [0.2, 0.25) is 0 Å². The number of anilines is 1. The van der Waals surface area contributed by atoms with Crippen LogP contribution in [0.4, 0.5) is 5.69 Å². The van der Waals surface area contributed by atoms with Crippen molar-refractivity contribution in [2.24, 2.45) is 5.10 Å². The number of amides is 1. The number of ether oxygens (including phenoxy) is 1. The molecule has 1 unspecified atom stereocenters. The van der Waals surface area contributed by atoms with Gasteiger partial charge in [-0.2, -0.15) is 5.10 Å². The molecule has 1 aromatic heterocycles. The average Bonchev–Trinajstić information content (AvgIpc) is 3.17. The van der Waals surface area contributed by atoms with Crippen LogP contribution in [0.1, 0.15) is 74.2 Å². The number of nitrogens with zero attached hydrogens (tertiary/aromatic N) is 2. The van der Waals surface area contributed by atoms with E-state index in [1.54, 1.807) is 25.5 Å². The summed E-state index contributed by atoms with van der Waals surface area (Å²) in [4.78, 5) is 15.2. The molecule has 6 nitrogen and oxygen atoms in total. The first-order chi connectivity index (χ1) is 16.0. The van der Waals surface area contributed by atoms with E-state index in [1.165, 1.54) is 11.3 Å². The van der Waals surface area contributed by atoms with Gasteiger partial charge in [-0.1, -0.05) is 22.9 Å². The second-order valence-electron chi connectivity index (χ2n) is 9.99. The van der Waals surface area contributed by atoms with E-state index in [4.69, 9.17) is 9.15 Å². The highest BCUT2D eigenvalue weighted by Gasteiger charge is 2.37. The predicted molar refractivity (Wildman–Crippen MR) is 141 cm³/mol. The highest BCUT2D eigenvalue weighted by atomic mass is 79.9. The molecule has 2 aromatic carbocycles. The van der Waals surface area contributed by atoms with Gasteiger partial charge < -0.3 is 14.1 Å². The Labute approximate surface area is 209 Å². The van der Waals surface area contributed by atoms with Gasteiger partial charge in [-0.05, 0) is 94.0 Å². The SMILES string of the molecule is COc1cc(Br)cc2cc(C(=O)N/N=C/c3cc4c(cc3C)N(C(C)C)C(C)(C)CC4C)oc12. The smallest absolute Gasteiger partial charge is 0.307 e. The van der Waals surface area contributed by atoms with Crippen molar-refractivity contribution in [3.63, 3.8) is 0 Å². The summed E-state index contributed by atoms with van der Waals surface area (Å²) in [5.41, 5.74) is 7.94. The summed E-state index contributed by atoms with van der Waals surface area (Å²) in [7, 11) is 1.57. The standard InChI is InChI=1S/C27H32BrN3O3/c1-15(2)31-22-8-16(3)19(10-21(22)17(4)13-27(31,5)6)14-29-30-26(32)24-11-18-9-20(28)12-23(33-7)25(18)34-24/h8-12,14-15,17H,13H2,1-7H3,(H,30,32)/b29-14+. The minimum absolute atomic E-state index is 0.0987. The fourth-order valence-corrected chi connectivity index (χ4v) is 5.75. The molecule has 3 aromatic rings. The van der Waals surface area contributed by atoms with Gasteiger partial charge in [0, 0.05) is 27.1 Å². The zero-order chi connectivity index (χ0) is 24.8. The summed E-state index contributed by atoms with van der Waals surface area (Å²) in [5, 5.41) is 5.00. The van der Waals surface area contributed by atoms with Crippen molar-refractivity contribution >= 4 is 44.7 Å². The number of halogens is 1. The van der Waals surface area contributed by atoms with Crippen molar-refractivity contribution in [3.05, 3.63) is 57.3 Å². The highest BCUT2D eigenvalue weighted by molar-refractivity contribution is 9.10. The maximum absolute atomic E-state index is 12.7. The number of methoxy groups -OCH3 is 1. The van der Waals surface area contributed by atoms with Crippen molar-refractivity contribution < 1.29 is 13.9 Å². The molecule has 180 valence electrons. The number of benzene rings is 2. The minimum atomic E-state index is -0.415. The van der Waals surface area contributed by atoms with Crippen LogP contribution in [-0.2, 0) is 0 Å². The van der Waals surface area contributed by atoms with E-state index in [0.717, 1.165) is 27.4 Å². The lowest BCUT2D eigenvalue weighted by molar-refractivity contribution is 0.0929. The summed E-state index contributed by atoms with van der Waals surface area (Å²) in [6.07, 6.45) is 2.79. The van der Waals surface area contributed by atoms with Crippen molar-refractivity contribution in [2.75, 3.05) is 12.0 Å². The number of hydrogen-bond acceptors (Lipinski definition) is 5. The number of rotatable bonds is 5. The van der Waals surface area contributed by atoms with E-state index in [1.807, 2.05) is 6.07 Å². The molecule has 4 rings (SSSR count). The Balaban J connectivity index is 1.58. The van der Waals surface area contributed by atoms with Crippen molar-refractivity contribution in [3.8, 4) is 5.75 Å². The third-order valence-corrected chi connectivity index (χ3v) is 7.00. The Morgan fingerprint density at radius 2 is 2.03 bits per heavy atom. The van der Waals surface area contributed by atoms with Crippen LogP contribution in [0, 0.1) is 6.92 Å². The summed E-state index contributed by atoms with van der Waals surface area (Å²) in [6, 6.07) is 10.2. The quantitative estimate of drug-likeness (QED) is 0.294. The Kier molecular flexibility index (Phi) is 6.51. The molecule has 0 spiro atoms. The first kappa shape index (κ1) is 24.3. The number of hydrazone groups is 1. The minimum Gasteiger partial charge on any atom is -0.493 e. The number of furan rings is 1. The largest absolute Gasteiger partial charge is 0.493 e. The molecule has 1 amide bonds. The van der Waals surface area contributed by atoms with Crippen molar-refractivity contribution in [1.82, 2.24) is 5.43 Å². The Hall–Kier alpha value is -2.80. The van der Waals surface area contributed by atoms with E-state index in [9.17, 15) is 4.79 Å². The lowest BCUT2D eigenvalue weighted by Crippen LogP contribution is -2.51. The molecule has 0 bridgehead atoms. The molecule has 0 saturated heterocycles. The average molecular weight is 526 g/mol. The zero-order valence-corrected chi connectivity index (χ0v) is 22.4. The van der Waals surface area contributed by atoms with E-state index in [2.05, 4.69) is 85.0 Å². The molecule has 34 heavy (non-hydrogen) atoms. The summed E-state index contributed by atoms with van der Waals surface area (Å²) >= 11 is 3.44. The van der Waals surface area contributed by atoms with Gasteiger partial charge in [-0.25, -0.2) is 5.43 Å². The topological polar surface area (TPSA) is 67.1 Å². The molecule has 1 aliphatic heterocycles. The summed E-state index contributed by atoms with van der Waals surface area (Å²) < 4.78 is 11.9. The van der Waals surface area contributed by atoms with Crippen LogP contribution >= 0.6 is 15.9 Å². The van der Waals surface area contributed by atoms with Gasteiger partial charge >= 0.3 is 5.91 Å². The first-order valence-electron chi connectivity index (χ1n) is 11.6. The monoisotopic (exact) mass is 525 g/mol. The molecule has 0 aliphatic carbocycles. The van der Waals surface area contributed by atoms with E-state index >= 15 is 0 Å². The van der Waals surface area contributed by atoms with E-state index < -0.39 is 5.91 Å². The van der Waals surface area contributed by atoms with Gasteiger partial charge in [0.05, 0.1) is 13.3 Å².